The molecule has 0 radical (unpaired) electrons. The van der Waals surface area contributed by atoms with Gasteiger partial charge in [-0.2, -0.15) is 17.6 Å². The first-order chi connectivity index (χ1) is 10.0. The molecule has 130 valence electrons. The molecule has 0 spiro atoms. The van der Waals surface area contributed by atoms with Crippen LogP contribution >= 0.6 is 0 Å². The number of ether oxygens (including phenoxy) is 2. The van der Waals surface area contributed by atoms with Crippen molar-refractivity contribution in [2.45, 2.75) is 24.0 Å². The average Bonchev–Trinajstić information content (AvgIpc) is 2.90. The van der Waals surface area contributed by atoms with Crippen molar-refractivity contribution in [3.05, 3.63) is 0 Å². The zero-order valence-electron chi connectivity index (χ0n) is 11.6. The molecule has 12 heteroatoms. The summed E-state index contributed by atoms with van der Waals surface area (Å²) in [7, 11) is 1.86. The fraction of sp³-hybridized carbons (Fsp3) is 0.818. The van der Waals surface area contributed by atoms with Crippen molar-refractivity contribution >= 4 is 52.6 Å². The standard InChI is InChI=1S/C11H14F4O6S.Na.H/c1-20-8(16)5-3-6(9(17)21-2)7(4-5)10(12,13)11(14,15)22(18)19;;/h5-7H,3-4H2,1-2H3,(H,18,19);;. The van der Waals surface area contributed by atoms with Crippen molar-refractivity contribution < 1.29 is 45.4 Å². The van der Waals surface area contributed by atoms with Crippen LogP contribution in [-0.4, -0.2) is 75.7 Å². The molecule has 0 aliphatic heterocycles. The van der Waals surface area contributed by atoms with Gasteiger partial charge in [-0.3, -0.25) is 9.59 Å². The van der Waals surface area contributed by atoms with Crippen LogP contribution in [0.2, 0.25) is 0 Å². The van der Waals surface area contributed by atoms with Crippen LogP contribution < -0.4 is 0 Å². The second kappa shape index (κ2) is 8.24. The zero-order chi connectivity index (χ0) is 17.3. The van der Waals surface area contributed by atoms with Crippen molar-refractivity contribution in [2.75, 3.05) is 14.2 Å². The Bertz CT molecular complexity index is 489. The molecule has 6 nitrogen and oxygen atoms in total. The van der Waals surface area contributed by atoms with Crippen LogP contribution in [0.4, 0.5) is 17.6 Å². The van der Waals surface area contributed by atoms with Crippen LogP contribution in [0.25, 0.3) is 0 Å². The fourth-order valence-electron chi connectivity index (χ4n) is 2.54. The summed E-state index contributed by atoms with van der Waals surface area (Å²) < 4.78 is 82.3. The van der Waals surface area contributed by atoms with E-state index in [0.29, 0.717) is 0 Å². The van der Waals surface area contributed by atoms with Crippen molar-refractivity contribution in [3.63, 3.8) is 0 Å². The van der Waals surface area contributed by atoms with Gasteiger partial charge in [-0.1, -0.05) is 0 Å². The number of alkyl halides is 4. The Morgan fingerprint density at radius 2 is 1.57 bits per heavy atom. The van der Waals surface area contributed by atoms with Gasteiger partial charge in [0.15, 0.2) is 0 Å². The van der Waals surface area contributed by atoms with Crippen molar-refractivity contribution in [1.82, 2.24) is 0 Å². The molecule has 0 aromatic carbocycles. The molecule has 0 heterocycles. The summed E-state index contributed by atoms with van der Waals surface area (Å²) in [6.45, 7) is 0. The summed E-state index contributed by atoms with van der Waals surface area (Å²) in [5.74, 6) is -12.3. The number of hydrogen-bond acceptors (Lipinski definition) is 5. The molecule has 0 amide bonds. The minimum atomic E-state index is -5.27. The Morgan fingerprint density at radius 3 is 1.96 bits per heavy atom. The summed E-state index contributed by atoms with van der Waals surface area (Å²) in [5.41, 5.74) is 0. The van der Waals surface area contributed by atoms with E-state index in [1.807, 2.05) is 0 Å². The molecule has 4 unspecified atom stereocenters. The monoisotopic (exact) mass is 374 g/mol. The number of carbonyl (C=O) groups is 2. The first-order valence-corrected chi connectivity index (χ1v) is 7.13. The van der Waals surface area contributed by atoms with Crippen LogP contribution in [0.15, 0.2) is 0 Å². The van der Waals surface area contributed by atoms with Crippen LogP contribution in [0.1, 0.15) is 12.8 Å². The molecule has 4 atom stereocenters. The van der Waals surface area contributed by atoms with Gasteiger partial charge in [0, 0.05) is 5.92 Å². The summed E-state index contributed by atoms with van der Waals surface area (Å²) in [6.07, 6.45) is -1.25. The molecule has 23 heavy (non-hydrogen) atoms. The molecule has 1 aliphatic carbocycles. The Hall–Kier alpha value is -0.230. The zero-order valence-corrected chi connectivity index (χ0v) is 12.4. The first kappa shape index (κ1) is 22.8. The van der Waals surface area contributed by atoms with E-state index in [0.717, 1.165) is 14.2 Å². The number of esters is 2. The van der Waals surface area contributed by atoms with E-state index < -0.39 is 64.8 Å². The van der Waals surface area contributed by atoms with E-state index in [4.69, 9.17) is 4.55 Å². The third-order valence-corrected chi connectivity index (χ3v) is 4.38. The van der Waals surface area contributed by atoms with Crippen molar-refractivity contribution in [3.8, 4) is 0 Å². The molecule has 1 saturated carbocycles. The molecular formula is C11H15F4NaO6S. The van der Waals surface area contributed by atoms with Crippen LogP contribution in [-0.2, 0) is 30.1 Å². The van der Waals surface area contributed by atoms with Gasteiger partial charge >= 0.3 is 52.7 Å². The Morgan fingerprint density at radius 1 is 1.09 bits per heavy atom. The normalized spacial score (nSPS) is 26.1. The maximum atomic E-state index is 14.0. The van der Waals surface area contributed by atoms with Crippen LogP contribution in [0.3, 0.4) is 0 Å². The number of carbonyl (C=O) groups excluding carboxylic acids is 2. The summed E-state index contributed by atoms with van der Waals surface area (Å²) >= 11 is -4.15. The van der Waals surface area contributed by atoms with E-state index in [1.165, 1.54) is 0 Å². The number of hydrogen-bond donors (Lipinski definition) is 1. The van der Waals surface area contributed by atoms with E-state index in [2.05, 4.69) is 9.47 Å². The second-order valence-electron chi connectivity index (χ2n) is 4.82. The Labute approximate surface area is 153 Å². The predicted molar refractivity (Wildman–Crippen MR) is 71.6 cm³/mol. The predicted octanol–water partition coefficient (Wildman–Crippen LogP) is 0.776. The van der Waals surface area contributed by atoms with E-state index in [9.17, 15) is 31.4 Å². The Kier molecular flexibility index (Phi) is 8.15. The van der Waals surface area contributed by atoms with Gasteiger partial charge in [0.2, 0.25) is 11.1 Å². The summed E-state index contributed by atoms with van der Waals surface area (Å²) in [4.78, 5) is 22.9. The van der Waals surface area contributed by atoms with Crippen LogP contribution in [0, 0.1) is 17.8 Å². The van der Waals surface area contributed by atoms with E-state index in [1.54, 1.807) is 0 Å². The SMILES string of the molecule is COC(=O)C1CC(C(=O)OC)C(C(F)(F)C(F)(F)S(=O)O)C1.[NaH]. The molecule has 0 aromatic heterocycles. The molecule has 0 aromatic rings. The molecular weight excluding hydrogens is 359 g/mol. The molecule has 0 saturated heterocycles. The van der Waals surface area contributed by atoms with Crippen LogP contribution in [0.5, 0.6) is 0 Å². The maximum absolute atomic E-state index is 14.0. The molecule has 0 bridgehead atoms. The van der Waals surface area contributed by atoms with Gasteiger partial charge in [-0.15, -0.1) is 0 Å². The fourth-order valence-corrected chi connectivity index (χ4v) is 2.93. The number of rotatable bonds is 5. The quantitative estimate of drug-likeness (QED) is 0.331. The summed E-state index contributed by atoms with van der Waals surface area (Å²) in [6, 6.07) is 0. The minimum absolute atomic E-state index is 0. The third kappa shape index (κ3) is 4.25. The van der Waals surface area contributed by atoms with E-state index in [-0.39, 0.29) is 29.6 Å². The molecule has 1 N–H and O–H groups in total. The number of methoxy groups -OCH3 is 2. The second-order valence-corrected chi connectivity index (χ2v) is 5.83. The molecule has 1 rings (SSSR count). The van der Waals surface area contributed by atoms with Gasteiger partial charge < -0.3 is 14.0 Å². The summed E-state index contributed by atoms with van der Waals surface area (Å²) in [5, 5.41) is -5.27. The average molecular weight is 374 g/mol. The van der Waals surface area contributed by atoms with Gasteiger partial charge in [-0.05, 0) is 12.8 Å². The molecule has 1 aliphatic rings. The van der Waals surface area contributed by atoms with Crippen molar-refractivity contribution in [1.29, 1.82) is 0 Å². The topological polar surface area (TPSA) is 89.9 Å². The molecule has 1 fully saturated rings. The van der Waals surface area contributed by atoms with Gasteiger partial charge in [0.25, 0.3) is 0 Å². The third-order valence-electron chi connectivity index (χ3n) is 3.67. The van der Waals surface area contributed by atoms with E-state index >= 15 is 0 Å². The first-order valence-electron chi connectivity index (χ1n) is 6.02. The Balaban J connectivity index is 0.00000484. The number of halogens is 4. The van der Waals surface area contributed by atoms with Gasteiger partial charge in [0.1, 0.15) is 0 Å². The van der Waals surface area contributed by atoms with Gasteiger partial charge in [0.05, 0.1) is 26.1 Å². The van der Waals surface area contributed by atoms with Gasteiger partial charge in [-0.25, -0.2) is 4.21 Å². The van der Waals surface area contributed by atoms with Crippen molar-refractivity contribution in [2.24, 2.45) is 17.8 Å².